The summed E-state index contributed by atoms with van der Waals surface area (Å²) in [5.41, 5.74) is 0.472. The van der Waals surface area contributed by atoms with E-state index in [9.17, 15) is 18.6 Å². The van der Waals surface area contributed by atoms with Crippen molar-refractivity contribution in [3.8, 4) is 11.5 Å². The fraction of sp³-hybridized carbons (Fsp3) is 0.143. The Balaban J connectivity index is 0.00000225. The summed E-state index contributed by atoms with van der Waals surface area (Å²) in [7, 11) is -4.11. The Hall–Kier alpha value is -1.83. The molecule has 1 aliphatic heterocycles. The molecule has 1 N–H and O–H groups in total. The number of phenolic OH excluding ortho intramolecular Hbond substituents is 1. The molecule has 0 amide bonds. The summed E-state index contributed by atoms with van der Waals surface area (Å²) in [4.78, 5) is -0.00931. The van der Waals surface area contributed by atoms with Crippen LogP contribution in [0.25, 0.3) is 0 Å². The topological polar surface area (TPSA) is 86.7 Å². The predicted octanol–water partition coefficient (Wildman–Crippen LogP) is 0.0974. The molecule has 3 aromatic rings. The van der Waals surface area contributed by atoms with Gasteiger partial charge in [0.1, 0.15) is 10.6 Å². The van der Waals surface area contributed by atoms with Gasteiger partial charge in [0.05, 0.1) is 0 Å². The van der Waals surface area contributed by atoms with Gasteiger partial charge in [-0.2, -0.15) is 8.42 Å². The molecule has 4 rings (SSSR count). The van der Waals surface area contributed by atoms with Gasteiger partial charge >= 0.3 is 29.6 Å². The second kappa shape index (κ2) is 7.21. The zero-order chi connectivity index (χ0) is 19.4. The van der Waals surface area contributed by atoms with Crippen molar-refractivity contribution < 1.29 is 52.4 Å². The predicted molar refractivity (Wildman–Crippen MR) is 98.1 cm³/mol. The summed E-state index contributed by atoms with van der Waals surface area (Å²) in [5, 5.41) is 23.5. The Morgan fingerprint density at radius 3 is 2.14 bits per heavy atom. The molecule has 1 aliphatic rings. The van der Waals surface area contributed by atoms with E-state index < -0.39 is 15.7 Å². The molecule has 0 unspecified atom stereocenters. The quantitative estimate of drug-likeness (QED) is 0.484. The molecule has 1 atom stereocenters. The van der Waals surface area contributed by atoms with Crippen LogP contribution in [0.2, 0.25) is 0 Å². The number of hydrogen-bond donors (Lipinski definition) is 1. The van der Waals surface area contributed by atoms with E-state index in [-0.39, 0.29) is 57.1 Å². The second-order valence-corrected chi connectivity index (χ2v) is 8.25. The fourth-order valence-electron chi connectivity index (χ4n) is 3.61. The van der Waals surface area contributed by atoms with E-state index >= 15 is 0 Å². The standard InChI is InChI=1S/C21H18O5S.Na/c1-13-7-9-15(18(22)11-13)21(16-10-8-14(2)12-19(16)23)17-5-3-4-6-20(17)27(24,25)26-21;/h3-12,22-23H,1-2H3;/q;+1/p-1. The molecule has 5 nitrogen and oxygen atoms in total. The molecule has 0 radical (unpaired) electrons. The van der Waals surface area contributed by atoms with Crippen LogP contribution in [0.15, 0.2) is 65.6 Å². The first kappa shape index (κ1) is 20.9. The summed E-state index contributed by atoms with van der Waals surface area (Å²) >= 11 is 0. The first-order chi connectivity index (χ1) is 12.8. The molecule has 0 aliphatic carbocycles. The molecule has 0 saturated heterocycles. The van der Waals surface area contributed by atoms with Crippen molar-refractivity contribution in [3.05, 3.63) is 88.5 Å². The van der Waals surface area contributed by atoms with Gasteiger partial charge in [-0.3, -0.25) is 0 Å². The molecule has 138 valence electrons. The van der Waals surface area contributed by atoms with Crippen LogP contribution in [0, 0.1) is 13.8 Å². The van der Waals surface area contributed by atoms with E-state index in [0.29, 0.717) is 5.56 Å². The van der Waals surface area contributed by atoms with Crippen molar-refractivity contribution >= 4 is 10.1 Å². The van der Waals surface area contributed by atoms with Crippen LogP contribution in [0.5, 0.6) is 11.5 Å². The number of rotatable bonds is 2. The van der Waals surface area contributed by atoms with Gasteiger partial charge in [0, 0.05) is 11.1 Å². The van der Waals surface area contributed by atoms with Gasteiger partial charge in [0.2, 0.25) is 0 Å². The van der Waals surface area contributed by atoms with Crippen LogP contribution in [0.3, 0.4) is 0 Å². The van der Waals surface area contributed by atoms with Crippen LogP contribution >= 0.6 is 0 Å². The fourth-order valence-corrected chi connectivity index (χ4v) is 5.03. The molecule has 0 bridgehead atoms. The minimum absolute atomic E-state index is 0. The molecular formula is C21H17NaO5S. The minimum atomic E-state index is -4.11. The number of phenols is 1. The molecule has 0 fully saturated rings. The third-order valence-electron chi connectivity index (χ3n) is 4.82. The summed E-state index contributed by atoms with van der Waals surface area (Å²) in [6.45, 7) is 3.59. The average Bonchev–Trinajstić information content (AvgIpc) is 2.84. The molecule has 3 aromatic carbocycles. The monoisotopic (exact) mass is 404 g/mol. The average molecular weight is 404 g/mol. The second-order valence-electron chi connectivity index (χ2n) is 6.74. The van der Waals surface area contributed by atoms with Crippen LogP contribution in [0.4, 0.5) is 0 Å². The summed E-state index contributed by atoms with van der Waals surface area (Å²) in [5.74, 6) is -0.497. The van der Waals surface area contributed by atoms with Gasteiger partial charge in [-0.15, -0.1) is 5.75 Å². The largest absolute Gasteiger partial charge is 1.00 e. The molecule has 7 heteroatoms. The Morgan fingerprint density at radius 2 is 1.50 bits per heavy atom. The first-order valence-corrected chi connectivity index (χ1v) is 9.80. The van der Waals surface area contributed by atoms with Crippen LogP contribution < -0.4 is 34.7 Å². The van der Waals surface area contributed by atoms with Gasteiger partial charge in [-0.05, 0) is 37.1 Å². The van der Waals surface area contributed by atoms with Gasteiger partial charge in [0.15, 0.2) is 5.60 Å². The van der Waals surface area contributed by atoms with Gasteiger partial charge in [-0.1, -0.05) is 54.1 Å². The molecule has 28 heavy (non-hydrogen) atoms. The van der Waals surface area contributed by atoms with Crippen molar-refractivity contribution in [3.63, 3.8) is 0 Å². The minimum Gasteiger partial charge on any atom is -0.872 e. The van der Waals surface area contributed by atoms with Gasteiger partial charge in [0.25, 0.3) is 10.1 Å². The van der Waals surface area contributed by atoms with E-state index in [4.69, 9.17) is 4.18 Å². The van der Waals surface area contributed by atoms with Crippen LogP contribution in [0.1, 0.15) is 27.8 Å². The Kier molecular flexibility index (Phi) is 5.38. The summed E-state index contributed by atoms with van der Waals surface area (Å²) < 4.78 is 31.2. The molecule has 0 aromatic heterocycles. The maximum absolute atomic E-state index is 12.8. The van der Waals surface area contributed by atoms with E-state index in [1.165, 1.54) is 18.2 Å². The molecule has 0 spiro atoms. The van der Waals surface area contributed by atoms with E-state index in [1.54, 1.807) is 56.3 Å². The SMILES string of the molecule is Cc1ccc([C@@]2(c3ccc(C)cc3O)OS(=O)(=O)c3ccccc32)c([O-])c1.[Na+]. The number of aromatic hydroxyl groups is 1. The van der Waals surface area contributed by atoms with E-state index in [1.807, 2.05) is 0 Å². The first-order valence-electron chi connectivity index (χ1n) is 8.39. The molecule has 1 heterocycles. The zero-order valence-corrected chi connectivity index (χ0v) is 18.6. The Bertz CT molecular complexity index is 1120. The van der Waals surface area contributed by atoms with Crippen molar-refractivity contribution in [2.75, 3.05) is 0 Å². The maximum atomic E-state index is 12.8. The summed E-state index contributed by atoms with van der Waals surface area (Å²) in [6.07, 6.45) is 0. The number of fused-ring (bicyclic) bond motifs is 1. The normalized spacial score (nSPS) is 19.6. The van der Waals surface area contributed by atoms with Crippen LogP contribution in [-0.2, 0) is 19.9 Å². The number of aryl methyl sites for hydroxylation is 2. The van der Waals surface area contributed by atoms with Crippen molar-refractivity contribution in [2.45, 2.75) is 24.3 Å². The third kappa shape index (κ3) is 3.06. The number of benzene rings is 3. The van der Waals surface area contributed by atoms with E-state index in [2.05, 4.69) is 0 Å². The van der Waals surface area contributed by atoms with Crippen LogP contribution in [-0.4, -0.2) is 13.5 Å². The molecular weight excluding hydrogens is 387 g/mol. The van der Waals surface area contributed by atoms with Crippen molar-refractivity contribution in [2.24, 2.45) is 0 Å². The zero-order valence-electron chi connectivity index (χ0n) is 15.8. The Morgan fingerprint density at radius 1 is 0.893 bits per heavy atom. The third-order valence-corrected chi connectivity index (χ3v) is 6.18. The Labute approximate surface area is 186 Å². The van der Waals surface area contributed by atoms with E-state index in [0.717, 1.165) is 11.1 Å². The molecule has 0 saturated carbocycles. The van der Waals surface area contributed by atoms with Crippen molar-refractivity contribution in [1.82, 2.24) is 0 Å². The summed E-state index contributed by atoms with van der Waals surface area (Å²) in [6, 6.07) is 15.9. The smallest absolute Gasteiger partial charge is 0.872 e. The van der Waals surface area contributed by atoms with Crippen molar-refractivity contribution in [1.29, 1.82) is 0 Å². The number of hydrogen-bond acceptors (Lipinski definition) is 5. The maximum Gasteiger partial charge on any atom is 1.00 e. The van der Waals surface area contributed by atoms with Gasteiger partial charge in [-0.25, -0.2) is 4.18 Å². The van der Waals surface area contributed by atoms with Gasteiger partial charge < -0.3 is 10.2 Å².